The van der Waals surface area contributed by atoms with Gasteiger partial charge < -0.3 is 5.32 Å². The highest BCUT2D eigenvalue weighted by Crippen LogP contribution is 1.93. The Morgan fingerprint density at radius 2 is 2.46 bits per heavy atom. The number of nitrogens with zero attached hydrogens (tertiary/aromatic N) is 2. The fourth-order valence-electron chi connectivity index (χ4n) is 1.01. The lowest BCUT2D eigenvalue weighted by Crippen LogP contribution is -2.24. The Morgan fingerprint density at radius 3 is 3.00 bits per heavy atom. The summed E-state index contributed by atoms with van der Waals surface area (Å²) in [6.45, 7) is 2.82. The number of rotatable bonds is 4. The van der Waals surface area contributed by atoms with E-state index in [0.29, 0.717) is 5.69 Å². The topological polar surface area (TPSA) is 46.9 Å². The minimum Gasteiger partial charge on any atom is -0.351 e. The number of carbonyl (C=O) groups is 1. The van der Waals surface area contributed by atoms with Crippen molar-refractivity contribution >= 4 is 5.91 Å². The summed E-state index contributed by atoms with van der Waals surface area (Å²) in [6.07, 6.45) is 3.86. The monoisotopic (exact) mass is 181 g/mol. The van der Waals surface area contributed by atoms with Gasteiger partial charge in [-0.05, 0) is 12.5 Å². The van der Waals surface area contributed by atoms with Gasteiger partial charge in [0.25, 0.3) is 5.91 Å². The number of hydrogen-bond acceptors (Lipinski definition) is 2. The van der Waals surface area contributed by atoms with Gasteiger partial charge in [-0.1, -0.05) is 13.3 Å². The molecule has 4 nitrogen and oxygen atoms in total. The Hall–Kier alpha value is -1.32. The van der Waals surface area contributed by atoms with Gasteiger partial charge in [-0.2, -0.15) is 5.10 Å². The molecule has 0 aliphatic heterocycles. The third-order valence-corrected chi connectivity index (χ3v) is 1.76. The summed E-state index contributed by atoms with van der Waals surface area (Å²) in [5.41, 5.74) is 0.485. The predicted octanol–water partition coefficient (Wildman–Crippen LogP) is 0.950. The van der Waals surface area contributed by atoms with Gasteiger partial charge >= 0.3 is 0 Å². The van der Waals surface area contributed by atoms with Gasteiger partial charge in [0, 0.05) is 19.8 Å². The number of unbranched alkanes of at least 4 members (excludes halogenated alkanes) is 1. The molecule has 1 heterocycles. The highest BCUT2D eigenvalue weighted by molar-refractivity contribution is 5.92. The van der Waals surface area contributed by atoms with Crippen LogP contribution in [-0.2, 0) is 7.05 Å². The molecule has 0 fully saturated rings. The van der Waals surface area contributed by atoms with Crippen LogP contribution in [0.25, 0.3) is 0 Å². The van der Waals surface area contributed by atoms with Gasteiger partial charge in [0.05, 0.1) is 0 Å². The van der Waals surface area contributed by atoms with Crippen molar-refractivity contribution in [1.82, 2.24) is 15.1 Å². The van der Waals surface area contributed by atoms with Gasteiger partial charge in [-0.3, -0.25) is 9.48 Å². The van der Waals surface area contributed by atoms with Crippen LogP contribution in [0.1, 0.15) is 30.3 Å². The summed E-state index contributed by atoms with van der Waals surface area (Å²) in [6, 6.07) is 1.71. The molecule has 4 heteroatoms. The van der Waals surface area contributed by atoms with Crippen LogP contribution in [0.15, 0.2) is 12.3 Å². The van der Waals surface area contributed by atoms with E-state index in [4.69, 9.17) is 0 Å². The average molecular weight is 181 g/mol. The summed E-state index contributed by atoms with van der Waals surface area (Å²) in [4.78, 5) is 11.3. The summed E-state index contributed by atoms with van der Waals surface area (Å²) in [5, 5.41) is 6.79. The van der Waals surface area contributed by atoms with E-state index in [-0.39, 0.29) is 5.91 Å². The van der Waals surface area contributed by atoms with Crippen LogP contribution in [-0.4, -0.2) is 22.2 Å². The fraction of sp³-hybridized carbons (Fsp3) is 0.556. The van der Waals surface area contributed by atoms with Gasteiger partial charge in [0.1, 0.15) is 5.69 Å². The molecule has 0 aliphatic carbocycles. The summed E-state index contributed by atoms with van der Waals surface area (Å²) < 4.78 is 1.62. The zero-order valence-corrected chi connectivity index (χ0v) is 8.08. The van der Waals surface area contributed by atoms with E-state index in [2.05, 4.69) is 17.3 Å². The summed E-state index contributed by atoms with van der Waals surface area (Å²) >= 11 is 0. The molecule has 1 amide bonds. The highest BCUT2D eigenvalue weighted by Gasteiger charge is 2.06. The Morgan fingerprint density at radius 1 is 1.69 bits per heavy atom. The first-order chi connectivity index (χ1) is 6.24. The molecule has 1 aromatic heterocycles. The van der Waals surface area contributed by atoms with Crippen molar-refractivity contribution in [3.63, 3.8) is 0 Å². The normalized spacial score (nSPS) is 10.0. The molecule has 0 saturated heterocycles. The minimum atomic E-state index is -0.0888. The molecular weight excluding hydrogens is 166 g/mol. The van der Waals surface area contributed by atoms with E-state index >= 15 is 0 Å². The lowest BCUT2D eigenvalue weighted by atomic mass is 10.3. The number of aryl methyl sites for hydroxylation is 1. The van der Waals surface area contributed by atoms with Crippen molar-refractivity contribution in [2.75, 3.05) is 6.54 Å². The largest absolute Gasteiger partial charge is 0.351 e. The SMILES string of the molecule is CCCCNC(=O)c1ccn(C)n1. The predicted molar refractivity (Wildman–Crippen MR) is 50.4 cm³/mol. The molecule has 0 bridgehead atoms. The van der Waals surface area contributed by atoms with Crippen molar-refractivity contribution in [3.05, 3.63) is 18.0 Å². The second-order valence-corrected chi connectivity index (χ2v) is 2.98. The van der Waals surface area contributed by atoms with Gasteiger partial charge in [-0.15, -0.1) is 0 Å². The molecule has 72 valence electrons. The Labute approximate surface area is 77.9 Å². The lowest BCUT2D eigenvalue weighted by molar-refractivity contribution is 0.0947. The molecular formula is C9H15N3O. The fourth-order valence-corrected chi connectivity index (χ4v) is 1.01. The van der Waals surface area contributed by atoms with Crippen LogP contribution < -0.4 is 5.32 Å². The maximum atomic E-state index is 11.3. The number of nitrogens with one attached hydrogen (secondary N) is 1. The first-order valence-electron chi connectivity index (χ1n) is 4.52. The molecule has 0 atom stereocenters. The Bertz CT molecular complexity index is 280. The molecule has 0 spiro atoms. The van der Waals surface area contributed by atoms with Crippen molar-refractivity contribution in [2.45, 2.75) is 19.8 Å². The minimum absolute atomic E-state index is 0.0888. The maximum Gasteiger partial charge on any atom is 0.271 e. The molecule has 1 aromatic rings. The first-order valence-corrected chi connectivity index (χ1v) is 4.52. The molecule has 0 aromatic carbocycles. The average Bonchev–Trinajstić information content (AvgIpc) is 2.52. The third-order valence-electron chi connectivity index (χ3n) is 1.76. The standard InChI is InChI=1S/C9H15N3O/c1-3-4-6-10-9(13)8-5-7-12(2)11-8/h5,7H,3-4,6H2,1-2H3,(H,10,13). The van der Waals surface area contributed by atoms with E-state index in [9.17, 15) is 4.79 Å². The van der Waals surface area contributed by atoms with Crippen LogP contribution in [0.3, 0.4) is 0 Å². The number of amides is 1. The second kappa shape index (κ2) is 4.64. The lowest BCUT2D eigenvalue weighted by Gasteiger charge is -2.00. The molecule has 0 radical (unpaired) electrons. The van der Waals surface area contributed by atoms with Gasteiger partial charge in [0.15, 0.2) is 0 Å². The van der Waals surface area contributed by atoms with Crippen LogP contribution in [0.2, 0.25) is 0 Å². The van der Waals surface area contributed by atoms with Gasteiger partial charge in [0.2, 0.25) is 0 Å². The second-order valence-electron chi connectivity index (χ2n) is 2.98. The quantitative estimate of drug-likeness (QED) is 0.703. The van der Waals surface area contributed by atoms with Crippen LogP contribution in [0.4, 0.5) is 0 Å². The van der Waals surface area contributed by atoms with Crippen LogP contribution >= 0.6 is 0 Å². The highest BCUT2D eigenvalue weighted by atomic mass is 16.1. The van der Waals surface area contributed by atoms with E-state index in [1.54, 1.807) is 24.0 Å². The molecule has 1 rings (SSSR count). The zero-order chi connectivity index (χ0) is 9.68. The molecule has 1 N–H and O–H groups in total. The zero-order valence-electron chi connectivity index (χ0n) is 8.08. The van der Waals surface area contributed by atoms with E-state index in [1.165, 1.54) is 0 Å². The Balaban J connectivity index is 2.40. The van der Waals surface area contributed by atoms with Gasteiger partial charge in [-0.25, -0.2) is 0 Å². The van der Waals surface area contributed by atoms with Crippen LogP contribution in [0, 0.1) is 0 Å². The third kappa shape index (κ3) is 2.89. The molecule has 0 unspecified atom stereocenters. The Kier molecular flexibility index (Phi) is 3.49. The van der Waals surface area contributed by atoms with E-state index in [0.717, 1.165) is 19.4 Å². The van der Waals surface area contributed by atoms with Crippen molar-refractivity contribution in [3.8, 4) is 0 Å². The van der Waals surface area contributed by atoms with E-state index < -0.39 is 0 Å². The summed E-state index contributed by atoms with van der Waals surface area (Å²) in [5.74, 6) is -0.0888. The van der Waals surface area contributed by atoms with Crippen molar-refractivity contribution in [1.29, 1.82) is 0 Å². The summed E-state index contributed by atoms with van der Waals surface area (Å²) in [7, 11) is 1.79. The maximum absolute atomic E-state index is 11.3. The molecule has 13 heavy (non-hydrogen) atoms. The number of carbonyl (C=O) groups excluding carboxylic acids is 1. The molecule has 0 saturated carbocycles. The van der Waals surface area contributed by atoms with Crippen LogP contribution in [0.5, 0.6) is 0 Å². The first kappa shape index (κ1) is 9.77. The van der Waals surface area contributed by atoms with Crippen molar-refractivity contribution in [2.24, 2.45) is 7.05 Å². The molecule has 0 aliphatic rings. The number of hydrogen-bond donors (Lipinski definition) is 1. The van der Waals surface area contributed by atoms with Crippen molar-refractivity contribution < 1.29 is 4.79 Å². The smallest absolute Gasteiger partial charge is 0.271 e. The van der Waals surface area contributed by atoms with E-state index in [1.807, 2.05) is 0 Å². The number of aromatic nitrogens is 2.